The first-order chi connectivity index (χ1) is 17.1. The summed E-state index contributed by atoms with van der Waals surface area (Å²) in [7, 11) is 0. The third kappa shape index (κ3) is 5.25. The molecule has 1 aliphatic carbocycles. The molecular formula is C25H21Br2Cl3N2O4. The Morgan fingerprint density at radius 1 is 0.944 bits per heavy atom. The van der Waals surface area contributed by atoms with Gasteiger partial charge in [0.1, 0.15) is 6.04 Å². The van der Waals surface area contributed by atoms with Crippen LogP contribution in [0.15, 0.2) is 48.5 Å². The maximum Gasteiger partial charge on any atom is 0.275 e. The molecule has 11 heteroatoms. The predicted molar refractivity (Wildman–Crippen MR) is 146 cm³/mol. The van der Waals surface area contributed by atoms with Crippen molar-refractivity contribution in [3.63, 3.8) is 0 Å². The molecule has 2 aliphatic rings. The Hall–Kier alpha value is -1.45. The van der Waals surface area contributed by atoms with Gasteiger partial charge in [0, 0.05) is 26.1 Å². The summed E-state index contributed by atoms with van der Waals surface area (Å²) in [5.74, 6) is -3.45. The fourth-order valence-corrected chi connectivity index (χ4v) is 6.48. The van der Waals surface area contributed by atoms with Crippen molar-refractivity contribution >= 4 is 90.2 Å². The molecule has 0 bridgehead atoms. The van der Waals surface area contributed by atoms with Crippen molar-refractivity contribution in [2.24, 2.45) is 11.8 Å². The van der Waals surface area contributed by atoms with E-state index in [0.717, 1.165) is 10.0 Å². The molecule has 0 radical (unpaired) electrons. The van der Waals surface area contributed by atoms with Crippen LogP contribution in [-0.2, 0) is 9.59 Å². The number of hydrogen-bond acceptors (Lipinski definition) is 4. The lowest BCUT2D eigenvalue weighted by Crippen LogP contribution is -2.57. The van der Waals surface area contributed by atoms with Crippen LogP contribution in [0.3, 0.4) is 0 Å². The van der Waals surface area contributed by atoms with Crippen LogP contribution in [-0.4, -0.2) is 55.1 Å². The highest BCUT2D eigenvalue weighted by Crippen LogP contribution is 2.44. The molecule has 2 aromatic carbocycles. The maximum absolute atomic E-state index is 13.9. The van der Waals surface area contributed by atoms with E-state index in [1.807, 2.05) is 0 Å². The van der Waals surface area contributed by atoms with Crippen LogP contribution in [0.1, 0.15) is 40.0 Å². The second-order valence-electron chi connectivity index (χ2n) is 8.70. The average Bonchev–Trinajstić information content (AvgIpc) is 3.08. The molecule has 2 aromatic rings. The van der Waals surface area contributed by atoms with Gasteiger partial charge in [0.2, 0.25) is 0 Å². The number of fused-ring (bicyclic) bond motifs is 1. The topological polar surface area (TPSA) is 74.8 Å². The van der Waals surface area contributed by atoms with E-state index in [1.54, 1.807) is 24.3 Å². The van der Waals surface area contributed by atoms with Crippen molar-refractivity contribution in [2.45, 2.75) is 35.0 Å². The summed E-state index contributed by atoms with van der Waals surface area (Å²) in [5.41, 5.74) is 0.332. The minimum Gasteiger partial charge on any atom is -0.292 e. The zero-order valence-electron chi connectivity index (χ0n) is 18.8. The van der Waals surface area contributed by atoms with Gasteiger partial charge in [-0.15, -0.1) is 11.6 Å². The molecule has 4 rings (SSSR count). The summed E-state index contributed by atoms with van der Waals surface area (Å²) in [4.78, 5) is 54.9. The van der Waals surface area contributed by atoms with E-state index >= 15 is 0 Å². The summed E-state index contributed by atoms with van der Waals surface area (Å²) in [6, 6.07) is 11.2. The number of halogens is 5. The highest BCUT2D eigenvalue weighted by atomic mass is 79.9. The molecular weight excluding hydrogens is 658 g/mol. The standard InChI is InChI=1S/C25H21Br2Cl3N2O4/c26-18-11-16-17(12-19(18)27)25(36)32(24(16)35)31(23(34)15-3-1-2-4-20(15)30)21(9-10-28)22(33)13-5-7-14(29)8-6-13/h1-8,16-19,21H,9-12H2/t16-,17+,18-,19-,21-/m0/s1. The van der Waals surface area contributed by atoms with Crippen molar-refractivity contribution < 1.29 is 19.2 Å². The summed E-state index contributed by atoms with van der Waals surface area (Å²) in [5, 5.41) is 2.40. The SMILES string of the molecule is O=C(c1ccc(Cl)cc1)[C@H](CCCl)N(C(=O)c1ccccc1Cl)N1C(=O)[C@H]2C[C@H](Br)[C@@H](Br)C[C@H]2C1=O. The van der Waals surface area contributed by atoms with Crippen molar-refractivity contribution in [1.29, 1.82) is 0 Å². The Labute approximate surface area is 240 Å². The van der Waals surface area contributed by atoms with Crippen LogP contribution in [0.5, 0.6) is 0 Å². The highest BCUT2D eigenvalue weighted by Gasteiger charge is 2.56. The Morgan fingerprint density at radius 2 is 1.50 bits per heavy atom. The van der Waals surface area contributed by atoms with Crippen LogP contribution < -0.4 is 0 Å². The molecule has 1 saturated carbocycles. The van der Waals surface area contributed by atoms with Gasteiger partial charge in [-0.3, -0.25) is 19.2 Å². The first kappa shape index (κ1) is 27.6. The fraction of sp³-hybridized carbons (Fsp3) is 0.360. The minimum atomic E-state index is -1.22. The quantitative estimate of drug-likeness (QED) is 0.200. The van der Waals surface area contributed by atoms with Crippen LogP contribution in [0.2, 0.25) is 10.0 Å². The second kappa shape index (κ2) is 11.5. The van der Waals surface area contributed by atoms with Gasteiger partial charge < -0.3 is 0 Å². The van der Waals surface area contributed by atoms with Gasteiger partial charge in [-0.25, -0.2) is 5.01 Å². The number of ketones is 1. The van der Waals surface area contributed by atoms with Crippen LogP contribution in [0, 0.1) is 11.8 Å². The van der Waals surface area contributed by atoms with Crippen molar-refractivity contribution in [2.75, 3.05) is 5.88 Å². The lowest BCUT2D eigenvalue weighted by molar-refractivity contribution is -0.156. The normalized spacial score (nSPS) is 24.4. The van der Waals surface area contributed by atoms with Gasteiger partial charge >= 0.3 is 0 Å². The van der Waals surface area contributed by atoms with E-state index in [1.165, 1.54) is 24.3 Å². The molecule has 1 saturated heterocycles. The highest BCUT2D eigenvalue weighted by molar-refractivity contribution is 9.12. The first-order valence-electron chi connectivity index (χ1n) is 11.2. The van der Waals surface area contributed by atoms with E-state index < -0.39 is 41.4 Å². The van der Waals surface area contributed by atoms with Gasteiger partial charge in [0.15, 0.2) is 5.78 Å². The van der Waals surface area contributed by atoms with E-state index in [0.29, 0.717) is 17.9 Å². The Kier molecular flexibility index (Phi) is 8.83. The van der Waals surface area contributed by atoms with Gasteiger partial charge in [-0.05, 0) is 55.7 Å². The lowest BCUT2D eigenvalue weighted by Gasteiger charge is -2.36. The summed E-state index contributed by atoms with van der Waals surface area (Å²) < 4.78 is 0. The molecule has 1 aliphatic heterocycles. The number of carbonyl (C=O) groups excluding carboxylic acids is 4. The summed E-state index contributed by atoms with van der Waals surface area (Å²) >= 11 is 25.5. The number of nitrogens with zero attached hydrogens (tertiary/aromatic N) is 2. The van der Waals surface area contributed by atoms with E-state index in [4.69, 9.17) is 34.8 Å². The first-order valence-corrected chi connectivity index (χ1v) is 14.4. The van der Waals surface area contributed by atoms with E-state index in [9.17, 15) is 19.2 Å². The number of Topliss-reactive ketones (excluding diaryl/α,β-unsaturated/α-hetero) is 1. The largest absolute Gasteiger partial charge is 0.292 e. The number of amides is 3. The van der Waals surface area contributed by atoms with Gasteiger partial charge in [-0.1, -0.05) is 67.2 Å². The molecule has 1 heterocycles. The molecule has 2 fully saturated rings. The second-order valence-corrected chi connectivity index (χ2v) is 12.3. The summed E-state index contributed by atoms with van der Waals surface area (Å²) in [6.45, 7) is 0. The Balaban J connectivity index is 1.82. The molecule has 6 nitrogen and oxygen atoms in total. The zero-order chi connectivity index (χ0) is 26.1. The number of carbonyl (C=O) groups is 4. The van der Waals surface area contributed by atoms with Crippen molar-refractivity contribution in [3.8, 4) is 0 Å². The predicted octanol–water partition coefficient (Wildman–Crippen LogP) is 6.15. The van der Waals surface area contributed by atoms with E-state index in [-0.39, 0.29) is 38.1 Å². The van der Waals surface area contributed by atoms with Gasteiger partial charge in [-0.2, -0.15) is 5.01 Å². The van der Waals surface area contributed by atoms with Crippen molar-refractivity contribution in [3.05, 3.63) is 69.7 Å². The average molecular weight is 680 g/mol. The van der Waals surface area contributed by atoms with Crippen LogP contribution in [0.25, 0.3) is 0 Å². The third-order valence-corrected chi connectivity index (χ3v) is 10.1. The Morgan fingerprint density at radius 3 is 2.03 bits per heavy atom. The summed E-state index contributed by atoms with van der Waals surface area (Å²) in [6.07, 6.45) is 0.843. The number of rotatable bonds is 7. The molecule has 0 unspecified atom stereocenters. The van der Waals surface area contributed by atoms with E-state index in [2.05, 4.69) is 31.9 Å². The third-order valence-electron chi connectivity index (χ3n) is 6.53. The molecule has 0 aromatic heterocycles. The Bertz CT molecular complexity index is 1170. The van der Waals surface area contributed by atoms with Gasteiger partial charge in [0.05, 0.1) is 22.4 Å². The van der Waals surface area contributed by atoms with Crippen LogP contribution >= 0.6 is 66.7 Å². The number of alkyl halides is 3. The monoisotopic (exact) mass is 676 g/mol. The lowest BCUT2D eigenvalue weighted by atomic mass is 9.81. The fourth-order valence-electron chi connectivity index (χ4n) is 4.69. The molecule has 3 amide bonds. The zero-order valence-corrected chi connectivity index (χ0v) is 24.2. The molecule has 190 valence electrons. The molecule has 0 spiro atoms. The molecule has 5 atom stereocenters. The van der Waals surface area contributed by atoms with Gasteiger partial charge in [0.25, 0.3) is 17.7 Å². The maximum atomic E-state index is 13.9. The van der Waals surface area contributed by atoms with Crippen LogP contribution in [0.4, 0.5) is 0 Å². The number of imide groups is 1. The van der Waals surface area contributed by atoms with Crippen molar-refractivity contribution in [1.82, 2.24) is 10.0 Å². The number of benzene rings is 2. The molecule has 0 N–H and O–H groups in total. The number of hydrogen-bond donors (Lipinski definition) is 0. The minimum absolute atomic E-state index is 0.00627. The number of hydrazine groups is 1. The smallest absolute Gasteiger partial charge is 0.275 e. The molecule has 36 heavy (non-hydrogen) atoms.